The molecule has 8 nitrogen and oxygen atoms in total. The molecule has 2 rings (SSSR count). The van der Waals surface area contributed by atoms with Gasteiger partial charge in [0.15, 0.2) is 11.4 Å². The zero-order valence-corrected chi connectivity index (χ0v) is 19.3. The van der Waals surface area contributed by atoms with E-state index >= 15 is 0 Å². The van der Waals surface area contributed by atoms with Crippen molar-refractivity contribution in [2.75, 3.05) is 7.11 Å². The third-order valence-electron chi connectivity index (χ3n) is 5.86. The first-order chi connectivity index (χ1) is 14.6. The van der Waals surface area contributed by atoms with Gasteiger partial charge in [-0.2, -0.15) is 0 Å². The molecule has 0 aromatic carbocycles. The average Bonchev–Trinajstić information content (AvgIpc) is 3.27. The van der Waals surface area contributed by atoms with Crippen molar-refractivity contribution >= 4 is 17.8 Å². The summed E-state index contributed by atoms with van der Waals surface area (Å²) in [7, 11) is 1.40. The highest BCUT2D eigenvalue weighted by atomic mass is 16.6. The van der Waals surface area contributed by atoms with Crippen LogP contribution < -0.4 is 14.8 Å². The normalized spacial score (nSPS) is 17.0. The molecule has 1 aliphatic rings. The third kappa shape index (κ3) is 6.42. The molecule has 0 bridgehead atoms. The van der Waals surface area contributed by atoms with Gasteiger partial charge < -0.3 is 19.5 Å². The smallest absolute Gasteiger partial charge is 0.328 e. The summed E-state index contributed by atoms with van der Waals surface area (Å²) in [6.45, 7) is 8.90. The van der Waals surface area contributed by atoms with Gasteiger partial charge in [-0.3, -0.25) is 9.59 Å². The molecule has 31 heavy (non-hydrogen) atoms. The quantitative estimate of drug-likeness (QED) is 0.593. The monoisotopic (exact) mass is 434 g/mol. The van der Waals surface area contributed by atoms with Gasteiger partial charge in [0.2, 0.25) is 5.75 Å². The number of carbonyl (C=O) groups is 3. The number of hydrogen-bond acceptors (Lipinski definition) is 7. The Morgan fingerprint density at radius 1 is 1.06 bits per heavy atom. The van der Waals surface area contributed by atoms with Crippen molar-refractivity contribution in [3.8, 4) is 11.5 Å². The summed E-state index contributed by atoms with van der Waals surface area (Å²) in [4.78, 5) is 41.4. The van der Waals surface area contributed by atoms with Crippen molar-refractivity contribution in [1.82, 2.24) is 10.3 Å². The van der Waals surface area contributed by atoms with E-state index in [1.54, 1.807) is 20.8 Å². The molecule has 1 aliphatic carbocycles. The van der Waals surface area contributed by atoms with Crippen LogP contribution in [0.3, 0.4) is 0 Å². The Hall–Kier alpha value is -2.64. The maximum absolute atomic E-state index is 12.8. The summed E-state index contributed by atoms with van der Waals surface area (Å²) in [5.41, 5.74) is -0.139. The molecule has 0 radical (unpaired) electrons. The molecule has 0 saturated heterocycles. The molecule has 1 fully saturated rings. The molecule has 172 valence electrons. The largest absolute Gasteiger partial charge is 0.493 e. The van der Waals surface area contributed by atoms with E-state index in [1.165, 1.54) is 32.2 Å². The van der Waals surface area contributed by atoms with E-state index in [0.717, 1.165) is 12.8 Å². The fourth-order valence-electron chi connectivity index (χ4n) is 3.65. The van der Waals surface area contributed by atoms with Gasteiger partial charge in [0, 0.05) is 12.3 Å². The zero-order valence-electron chi connectivity index (χ0n) is 19.3. The Balaban J connectivity index is 2.06. The third-order valence-corrected chi connectivity index (χ3v) is 5.86. The first-order valence-electron chi connectivity index (χ1n) is 10.9. The lowest BCUT2D eigenvalue weighted by Gasteiger charge is -2.26. The van der Waals surface area contributed by atoms with Crippen LogP contribution in [0.1, 0.15) is 70.8 Å². The lowest BCUT2D eigenvalue weighted by atomic mass is 9.88. The van der Waals surface area contributed by atoms with Crippen molar-refractivity contribution in [3.05, 3.63) is 18.0 Å². The summed E-state index contributed by atoms with van der Waals surface area (Å²) in [5, 5.41) is 2.58. The fraction of sp³-hybridized carbons (Fsp3) is 0.652. The SMILES string of the molecule is COc1ccnc(C(=O)N[C@@H](C)C(=O)O[C@@H](C)[C@@H](C)C2CCCC2)c1OC(=O)C(C)C. The number of hydrogen-bond donors (Lipinski definition) is 1. The molecule has 3 atom stereocenters. The number of aromatic nitrogens is 1. The number of rotatable bonds is 9. The second kappa shape index (κ2) is 11.1. The lowest BCUT2D eigenvalue weighted by Crippen LogP contribution is -2.42. The molecule has 0 unspecified atom stereocenters. The first-order valence-corrected chi connectivity index (χ1v) is 10.9. The molecule has 1 heterocycles. The first kappa shape index (κ1) is 24.6. The Morgan fingerprint density at radius 3 is 2.29 bits per heavy atom. The standard InChI is InChI=1S/C23H34N2O6/c1-13(2)22(27)31-20-18(29-6)11-12-24-19(20)21(26)25-15(4)23(28)30-16(5)14(3)17-9-7-8-10-17/h11-17H,7-10H2,1-6H3,(H,25,26)/t14-,15+,16+/m1/s1. The van der Waals surface area contributed by atoms with E-state index in [2.05, 4.69) is 17.2 Å². The molecular weight excluding hydrogens is 400 g/mol. The van der Waals surface area contributed by atoms with Crippen molar-refractivity contribution in [3.63, 3.8) is 0 Å². The molecular formula is C23H34N2O6. The maximum atomic E-state index is 12.8. The van der Waals surface area contributed by atoms with E-state index in [-0.39, 0.29) is 29.2 Å². The maximum Gasteiger partial charge on any atom is 0.328 e. The van der Waals surface area contributed by atoms with Crippen LogP contribution in [0.5, 0.6) is 11.5 Å². The van der Waals surface area contributed by atoms with Gasteiger partial charge in [0.05, 0.1) is 13.0 Å². The number of pyridine rings is 1. The Labute approximate surface area is 184 Å². The molecule has 8 heteroatoms. The van der Waals surface area contributed by atoms with Crippen LogP contribution in [0.4, 0.5) is 0 Å². The molecule has 1 N–H and O–H groups in total. The summed E-state index contributed by atoms with van der Waals surface area (Å²) in [5.74, 6) is -1.17. The van der Waals surface area contributed by atoms with Crippen LogP contribution in [0.25, 0.3) is 0 Å². The van der Waals surface area contributed by atoms with Gasteiger partial charge >= 0.3 is 11.9 Å². The topological polar surface area (TPSA) is 104 Å². The number of nitrogens with zero attached hydrogens (tertiary/aromatic N) is 1. The van der Waals surface area contributed by atoms with E-state index in [9.17, 15) is 14.4 Å². The highest BCUT2D eigenvalue weighted by Crippen LogP contribution is 2.34. The Morgan fingerprint density at radius 2 is 1.71 bits per heavy atom. The molecule has 1 aromatic rings. The number of methoxy groups -OCH3 is 1. The van der Waals surface area contributed by atoms with Gasteiger partial charge in [0.25, 0.3) is 5.91 Å². The molecule has 1 saturated carbocycles. The number of nitrogens with one attached hydrogen (secondary N) is 1. The van der Waals surface area contributed by atoms with Crippen LogP contribution in [0, 0.1) is 17.8 Å². The zero-order chi connectivity index (χ0) is 23.1. The van der Waals surface area contributed by atoms with Crippen molar-refractivity contribution in [1.29, 1.82) is 0 Å². The van der Waals surface area contributed by atoms with Crippen LogP contribution in [-0.2, 0) is 14.3 Å². The summed E-state index contributed by atoms with van der Waals surface area (Å²) in [6.07, 6.45) is 5.89. The number of carbonyl (C=O) groups excluding carboxylic acids is 3. The molecule has 1 aromatic heterocycles. The molecule has 1 amide bonds. The van der Waals surface area contributed by atoms with Gasteiger partial charge in [-0.15, -0.1) is 0 Å². The fourth-order valence-corrected chi connectivity index (χ4v) is 3.65. The molecule has 0 aliphatic heterocycles. The van der Waals surface area contributed by atoms with Gasteiger partial charge in [-0.1, -0.05) is 46.5 Å². The minimum absolute atomic E-state index is 0.0787. The van der Waals surface area contributed by atoms with Crippen molar-refractivity contribution in [2.24, 2.45) is 17.8 Å². The van der Waals surface area contributed by atoms with Crippen LogP contribution >= 0.6 is 0 Å². The predicted molar refractivity (Wildman–Crippen MR) is 115 cm³/mol. The van der Waals surface area contributed by atoms with Gasteiger partial charge in [0.1, 0.15) is 12.1 Å². The predicted octanol–water partition coefficient (Wildman–Crippen LogP) is 3.53. The average molecular weight is 435 g/mol. The van der Waals surface area contributed by atoms with Crippen LogP contribution in [0.2, 0.25) is 0 Å². The second-order valence-electron chi connectivity index (χ2n) is 8.51. The lowest BCUT2D eigenvalue weighted by molar-refractivity contribution is -0.153. The minimum Gasteiger partial charge on any atom is -0.493 e. The van der Waals surface area contributed by atoms with E-state index in [1.807, 2.05) is 6.92 Å². The van der Waals surface area contributed by atoms with E-state index in [0.29, 0.717) is 5.92 Å². The summed E-state index contributed by atoms with van der Waals surface area (Å²) < 4.78 is 16.2. The Bertz CT molecular complexity index is 788. The van der Waals surface area contributed by atoms with Crippen LogP contribution in [0.15, 0.2) is 12.3 Å². The minimum atomic E-state index is -0.896. The van der Waals surface area contributed by atoms with Crippen molar-refractivity contribution < 1.29 is 28.6 Å². The van der Waals surface area contributed by atoms with Gasteiger partial charge in [-0.25, -0.2) is 9.78 Å². The summed E-state index contributed by atoms with van der Waals surface area (Å²) >= 11 is 0. The second-order valence-corrected chi connectivity index (χ2v) is 8.51. The number of esters is 2. The van der Waals surface area contributed by atoms with Crippen LogP contribution in [-0.4, -0.2) is 42.1 Å². The number of amides is 1. The van der Waals surface area contributed by atoms with E-state index < -0.39 is 29.8 Å². The highest BCUT2D eigenvalue weighted by molar-refractivity contribution is 5.98. The van der Waals surface area contributed by atoms with Crippen molar-refractivity contribution in [2.45, 2.75) is 72.4 Å². The van der Waals surface area contributed by atoms with Gasteiger partial charge in [-0.05, 0) is 25.7 Å². The highest BCUT2D eigenvalue weighted by Gasteiger charge is 2.30. The molecule has 0 spiro atoms. The Kier molecular flexibility index (Phi) is 8.83. The number of ether oxygens (including phenoxy) is 3. The van der Waals surface area contributed by atoms with E-state index in [4.69, 9.17) is 14.2 Å². The summed E-state index contributed by atoms with van der Waals surface area (Å²) in [6, 6.07) is 0.594.